The molecule has 1 aliphatic rings. The van der Waals surface area contributed by atoms with Gasteiger partial charge in [-0.25, -0.2) is 5.32 Å². The van der Waals surface area contributed by atoms with E-state index in [2.05, 4.69) is 48.6 Å². The van der Waals surface area contributed by atoms with Gasteiger partial charge in [-0.15, -0.1) is 0 Å². The van der Waals surface area contributed by atoms with Crippen molar-refractivity contribution in [2.75, 3.05) is 27.2 Å². The van der Waals surface area contributed by atoms with Crippen molar-refractivity contribution in [2.24, 2.45) is 0 Å². The summed E-state index contributed by atoms with van der Waals surface area (Å²) < 4.78 is 5.94. The Bertz CT molecular complexity index is 329. The van der Waals surface area contributed by atoms with E-state index in [1.165, 1.54) is 5.56 Å². The zero-order valence-corrected chi connectivity index (χ0v) is 10.7. The Balaban J connectivity index is 1.88. The van der Waals surface area contributed by atoms with Crippen LogP contribution in [0.4, 0.5) is 0 Å². The fourth-order valence-corrected chi connectivity index (χ4v) is 2.08. The predicted octanol–water partition coefficient (Wildman–Crippen LogP) is 1.89. The minimum Gasteiger partial charge on any atom is -0.490 e. The summed E-state index contributed by atoms with van der Waals surface area (Å²) >= 11 is 0. The van der Waals surface area contributed by atoms with Crippen molar-refractivity contribution in [3.8, 4) is 5.75 Å². The van der Waals surface area contributed by atoms with Gasteiger partial charge in [0.2, 0.25) is 0 Å². The van der Waals surface area contributed by atoms with E-state index in [0.717, 1.165) is 38.2 Å². The molecule has 0 aliphatic carbocycles. The molecule has 1 saturated heterocycles. The maximum absolute atomic E-state index is 5.94. The Morgan fingerprint density at radius 3 is 2.41 bits per heavy atom. The van der Waals surface area contributed by atoms with Gasteiger partial charge in [-0.05, 0) is 44.6 Å². The summed E-state index contributed by atoms with van der Waals surface area (Å²) in [6.07, 6.45) is 2.46. The second kappa shape index (κ2) is 6.03. The van der Waals surface area contributed by atoms with Crippen molar-refractivity contribution < 1.29 is 4.74 Å². The molecule has 0 aromatic heterocycles. The van der Waals surface area contributed by atoms with Gasteiger partial charge in [-0.1, -0.05) is 12.1 Å². The smallest absolute Gasteiger partial charge is 0.119 e. The van der Waals surface area contributed by atoms with Crippen molar-refractivity contribution >= 4 is 0 Å². The van der Waals surface area contributed by atoms with Crippen LogP contribution in [-0.2, 0) is 6.54 Å². The van der Waals surface area contributed by atoms with E-state index in [1.807, 2.05) is 0 Å². The Morgan fingerprint density at radius 1 is 1.18 bits per heavy atom. The molecule has 0 spiro atoms. The zero-order valence-electron chi connectivity index (χ0n) is 10.7. The molecule has 1 radical (unpaired) electrons. The lowest BCUT2D eigenvalue weighted by atomic mass is 10.1. The number of hydrogen-bond donors (Lipinski definition) is 0. The van der Waals surface area contributed by atoms with Gasteiger partial charge >= 0.3 is 0 Å². The van der Waals surface area contributed by atoms with E-state index in [4.69, 9.17) is 4.74 Å². The van der Waals surface area contributed by atoms with E-state index in [-0.39, 0.29) is 0 Å². The first kappa shape index (κ1) is 12.4. The first-order valence-electron chi connectivity index (χ1n) is 6.27. The third-order valence-electron chi connectivity index (χ3n) is 2.94. The molecule has 1 fully saturated rings. The lowest BCUT2D eigenvalue weighted by Gasteiger charge is -2.23. The van der Waals surface area contributed by atoms with Crippen molar-refractivity contribution in [3.05, 3.63) is 29.8 Å². The Kier molecular flexibility index (Phi) is 4.40. The average molecular weight is 233 g/mol. The topological polar surface area (TPSA) is 26.6 Å². The van der Waals surface area contributed by atoms with E-state index < -0.39 is 0 Å². The molecule has 0 N–H and O–H groups in total. The lowest BCUT2D eigenvalue weighted by molar-refractivity contribution is 0.161. The van der Waals surface area contributed by atoms with Crippen LogP contribution in [0.2, 0.25) is 0 Å². The third kappa shape index (κ3) is 4.02. The van der Waals surface area contributed by atoms with Gasteiger partial charge in [0, 0.05) is 19.6 Å². The molecule has 0 bridgehead atoms. The maximum Gasteiger partial charge on any atom is 0.119 e. The fraction of sp³-hybridized carbons (Fsp3) is 0.571. The highest BCUT2D eigenvalue weighted by atomic mass is 16.5. The van der Waals surface area contributed by atoms with Gasteiger partial charge in [-0.3, -0.25) is 0 Å². The summed E-state index contributed by atoms with van der Waals surface area (Å²) in [5.41, 5.74) is 1.32. The Morgan fingerprint density at radius 2 is 1.82 bits per heavy atom. The van der Waals surface area contributed by atoms with Gasteiger partial charge in [0.25, 0.3) is 0 Å². The molecule has 0 unspecified atom stereocenters. The zero-order chi connectivity index (χ0) is 12.1. The molecule has 3 nitrogen and oxygen atoms in total. The quantitative estimate of drug-likeness (QED) is 0.794. The molecule has 1 aromatic carbocycles. The molecule has 1 heterocycles. The highest BCUT2D eigenvalue weighted by Crippen LogP contribution is 2.18. The summed E-state index contributed by atoms with van der Waals surface area (Å²) in [6, 6.07) is 8.43. The normalized spacial score (nSPS) is 17.4. The van der Waals surface area contributed by atoms with Gasteiger partial charge in [0.15, 0.2) is 0 Å². The van der Waals surface area contributed by atoms with E-state index in [0.29, 0.717) is 6.10 Å². The number of nitrogens with zero attached hydrogens (tertiary/aromatic N) is 2. The fourth-order valence-electron chi connectivity index (χ4n) is 2.08. The standard InChI is InChI=1S/C14H21N2O/c1-16(2)11-12-3-5-13(6-4-12)17-14-7-9-15-10-8-14/h3-6,14H,7-11H2,1-2H3. The summed E-state index contributed by atoms with van der Waals surface area (Å²) in [4.78, 5) is 2.17. The molecule has 17 heavy (non-hydrogen) atoms. The summed E-state index contributed by atoms with van der Waals surface area (Å²) in [5, 5.41) is 4.33. The molecule has 0 atom stereocenters. The summed E-state index contributed by atoms with van der Waals surface area (Å²) in [6.45, 7) is 2.87. The second-order valence-corrected chi connectivity index (χ2v) is 4.87. The summed E-state index contributed by atoms with van der Waals surface area (Å²) in [7, 11) is 4.16. The molecule has 0 amide bonds. The SMILES string of the molecule is CN(C)Cc1ccc(OC2CC[N]CC2)cc1. The largest absolute Gasteiger partial charge is 0.490 e. The van der Waals surface area contributed by atoms with E-state index >= 15 is 0 Å². The highest BCUT2D eigenvalue weighted by Gasteiger charge is 2.14. The number of piperidine rings is 1. The average Bonchev–Trinajstić information content (AvgIpc) is 2.32. The van der Waals surface area contributed by atoms with Crippen molar-refractivity contribution in [1.82, 2.24) is 10.2 Å². The monoisotopic (exact) mass is 233 g/mol. The Hall–Kier alpha value is -1.06. The highest BCUT2D eigenvalue weighted by molar-refractivity contribution is 5.27. The van der Waals surface area contributed by atoms with Crippen LogP contribution in [0.5, 0.6) is 5.75 Å². The molecule has 1 aliphatic heterocycles. The van der Waals surface area contributed by atoms with Crippen LogP contribution >= 0.6 is 0 Å². The van der Waals surface area contributed by atoms with Gasteiger partial charge in [0.05, 0.1) is 0 Å². The second-order valence-electron chi connectivity index (χ2n) is 4.87. The number of rotatable bonds is 4. The van der Waals surface area contributed by atoms with Crippen molar-refractivity contribution in [1.29, 1.82) is 0 Å². The Labute approximate surface area is 104 Å². The van der Waals surface area contributed by atoms with E-state index in [9.17, 15) is 0 Å². The summed E-state index contributed by atoms with van der Waals surface area (Å²) in [5.74, 6) is 0.986. The van der Waals surface area contributed by atoms with Crippen LogP contribution in [0.1, 0.15) is 18.4 Å². The number of benzene rings is 1. The van der Waals surface area contributed by atoms with E-state index in [1.54, 1.807) is 0 Å². The van der Waals surface area contributed by atoms with Gasteiger partial charge < -0.3 is 9.64 Å². The van der Waals surface area contributed by atoms with Crippen LogP contribution < -0.4 is 10.1 Å². The molecule has 0 saturated carbocycles. The number of hydrogen-bond acceptors (Lipinski definition) is 2. The lowest BCUT2D eigenvalue weighted by Crippen LogP contribution is -2.30. The van der Waals surface area contributed by atoms with Crippen LogP contribution in [-0.4, -0.2) is 38.2 Å². The molecular formula is C14H21N2O. The minimum atomic E-state index is 0.354. The van der Waals surface area contributed by atoms with Crippen LogP contribution in [0, 0.1) is 0 Å². The first-order valence-corrected chi connectivity index (χ1v) is 6.27. The molecule has 2 rings (SSSR count). The maximum atomic E-state index is 5.94. The van der Waals surface area contributed by atoms with Crippen molar-refractivity contribution in [3.63, 3.8) is 0 Å². The van der Waals surface area contributed by atoms with Crippen molar-refractivity contribution in [2.45, 2.75) is 25.5 Å². The van der Waals surface area contributed by atoms with Gasteiger partial charge in [-0.2, -0.15) is 0 Å². The van der Waals surface area contributed by atoms with Crippen LogP contribution in [0.15, 0.2) is 24.3 Å². The molecule has 3 heteroatoms. The van der Waals surface area contributed by atoms with Gasteiger partial charge in [0.1, 0.15) is 11.9 Å². The predicted molar refractivity (Wildman–Crippen MR) is 69.4 cm³/mol. The molecule has 1 aromatic rings. The minimum absolute atomic E-state index is 0.354. The third-order valence-corrected chi connectivity index (χ3v) is 2.94. The molecule has 93 valence electrons. The van der Waals surface area contributed by atoms with Crippen LogP contribution in [0.25, 0.3) is 0 Å². The number of ether oxygens (including phenoxy) is 1. The molecular weight excluding hydrogens is 212 g/mol. The first-order chi connectivity index (χ1) is 8.24. The van der Waals surface area contributed by atoms with Crippen LogP contribution in [0.3, 0.4) is 0 Å².